The lowest BCUT2D eigenvalue weighted by molar-refractivity contribution is 0.0617. The zero-order chi connectivity index (χ0) is 11.7. The lowest BCUT2D eigenvalue weighted by Gasteiger charge is -2.18. The average molecular weight is 234 g/mol. The molecule has 0 fully saturated rings. The minimum Gasteiger partial charge on any atom is -0.475 e. The number of allylic oxidation sites excluding steroid dienone is 1. The fourth-order valence-electron chi connectivity index (χ4n) is 0.924. The van der Waals surface area contributed by atoms with Crippen molar-refractivity contribution in [2.45, 2.75) is 34.1 Å². The highest BCUT2D eigenvalue weighted by atomic mass is 28.3. The molecule has 1 atom stereocenters. The molecule has 0 saturated carbocycles. The van der Waals surface area contributed by atoms with E-state index in [2.05, 4.69) is 6.92 Å². The lowest BCUT2D eigenvalue weighted by atomic mass is 10.4. The van der Waals surface area contributed by atoms with Gasteiger partial charge in [-0.1, -0.05) is 6.92 Å². The SMILES string of the molecule is CCCO[SiH](OCC)OC(OC)=C(C)C. The molecule has 0 aliphatic carbocycles. The predicted molar refractivity (Wildman–Crippen MR) is 61.5 cm³/mol. The molecule has 0 saturated heterocycles. The second kappa shape index (κ2) is 8.76. The second-order valence-electron chi connectivity index (χ2n) is 3.22. The van der Waals surface area contributed by atoms with E-state index in [9.17, 15) is 0 Å². The molecular formula is C10H22O4Si. The van der Waals surface area contributed by atoms with Gasteiger partial charge in [0.25, 0.3) is 5.95 Å². The van der Waals surface area contributed by atoms with Crippen LogP contribution in [0.4, 0.5) is 0 Å². The number of methoxy groups -OCH3 is 1. The Labute approximate surface area is 94.1 Å². The molecule has 0 rings (SSSR count). The van der Waals surface area contributed by atoms with E-state index in [1.165, 1.54) is 0 Å². The Kier molecular flexibility index (Phi) is 8.45. The molecule has 0 amide bonds. The first-order valence-corrected chi connectivity index (χ1v) is 6.68. The Morgan fingerprint density at radius 3 is 2.20 bits per heavy atom. The monoisotopic (exact) mass is 234 g/mol. The zero-order valence-electron chi connectivity index (χ0n) is 10.3. The molecule has 0 aliphatic heterocycles. The van der Waals surface area contributed by atoms with Crippen LogP contribution in [0, 0.1) is 0 Å². The van der Waals surface area contributed by atoms with Crippen LogP contribution in [0.2, 0.25) is 0 Å². The van der Waals surface area contributed by atoms with E-state index < -0.39 is 9.53 Å². The highest BCUT2D eigenvalue weighted by molar-refractivity contribution is 6.36. The van der Waals surface area contributed by atoms with E-state index in [1.807, 2.05) is 20.8 Å². The van der Waals surface area contributed by atoms with Crippen molar-refractivity contribution in [2.24, 2.45) is 0 Å². The van der Waals surface area contributed by atoms with Crippen molar-refractivity contribution in [3.63, 3.8) is 0 Å². The van der Waals surface area contributed by atoms with Crippen molar-refractivity contribution >= 4 is 9.53 Å². The highest BCUT2D eigenvalue weighted by Crippen LogP contribution is 2.09. The van der Waals surface area contributed by atoms with Gasteiger partial charge in [-0.2, -0.15) is 0 Å². The van der Waals surface area contributed by atoms with E-state index in [1.54, 1.807) is 7.11 Å². The first-order chi connectivity index (χ1) is 7.15. The smallest absolute Gasteiger partial charge is 0.475 e. The van der Waals surface area contributed by atoms with Crippen molar-refractivity contribution in [3.05, 3.63) is 11.5 Å². The van der Waals surface area contributed by atoms with Crippen LogP contribution >= 0.6 is 0 Å². The Morgan fingerprint density at radius 2 is 1.80 bits per heavy atom. The Balaban J connectivity index is 4.18. The normalized spacial score (nSPS) is 12.1. The largest absolute Gasteiger partial charge is 0.551 e. The van der Waals surface area contributed by atoms with E-state index in [0.717, 1.165) is 12.0 Å². The molecule has 0 radical (unpaired) electrons. The molecular weight excluding hydrogens is 212 g/mol. The molecule has 15 heavy (non-hydrogen) atoms. The number of rotatable bonds is 8. The molecule has 0 aliphatic rings. The van der Waals surface area contributed by atoms with Gasteiger partial charge in [0, 0.05) is 18.8 Å². The van der Waals surface area contributed by atoms with Crippen molar-refractivity contribution in [1.29, 1.82) is 0 Å². The number of hydrogen-bond acceptors (Lipinski definition) is 4. The molecule has 4 nitrogen and oxygen atoms in total. The summed E-state index contributed by atoms with van der Waals surface area (Å²) in [4.78, 5) is 0. The Bertz CT molecular complexity index is 190. The molecule has 90 valence electrons. The van der Waals surface area contributed by atoms with Gasteiger partial charge in [0.15, 0.2) is 0 Å². The van der Waals surface area contributed by atoms with E-state index in [0.29, 0.717) is 19.2 Å². The first kappa shape index (κ1) is 14.5. The molecule has 1 unspecified atom stereocenters. The summed E-state index contributed by atoms with van der Waals surface area (Å²) in [7, 11) is -0.483. The van der Waals surface area contributed by atoms with Gasteiger partial charge in [-0.15, -0.1) is 0 Å². The van der Waals surface area contributed by atoms with Crippen molar-refractivity contribution in [1.82, 2.24) is 0 Å². The van der Waals surface area contributed by atoms with Gasteiger partial charge in [0.1, 0.15) is 0 Å². The van der Waals surface area contributed by atoms with Crippen molar-refractivity contribution in [3.8, 4) is 0 Å². The topological polar surface area (TPSA) is 36.9 Å². The van der Waals surface area contributed by atoms with Gasteiger partial charge < -0.3 is 18.0 Å². The molecule has 0 heterocycles. The third-order valence-electron chi connectivity index (χ3n) is 1.56. The van der Waals surface area contributed by atoms with Crippen LogP contribution in [-0.4, -0.2) is 29.9 Å². The standard InChI is InChI=1S/C10H22O4Si/c1-6-8-13-15(12-7-2)14-10(11-5)9(3)4/h15H,6-8H2,1-5H3. The first-order valence-electron chi connectivity index (χ1n) is 5.27. The summed E-state index contributed by atoms with van der Waals surface area (Å²) in [6.07, 6.45) is 0.955. The Hall–Kier alpha value is -0.523. The van der Waals surface area contributed by atoms with Gasteiger partial charge >= 0.3 is 9.53 Å². The van der Waals surface area contributed by atoms with Crippen LogP contribution in [0.15, 0.2) is 11.5 Å². The summed E-state index contributed by atoms with van der Waals surface area (Å²) >= 11 is 0. The van der Waals surface area contributed by atoms with E-state index in [4.69, 9.17) is 18.0 Å². The van der Waals surface area contributed by atoms with Gasteiger partial charge in [-0.3, -0.25) is 0 Å². The molecule has 0 aromatic rings. The summed E-state index contributed by atoms with van der Waals surface area (Å²) in [5.74, 6) is 0.510. The minimum absolute atomic E-state index is 0.510. The van der Waals surface area contributed by atoms with Crippen LogP contribution < -0.4 is 0 Å². The summed E-state index contributed by atoms with van der Waals surface area (Å²) in [5.41, 5.74) is 0.981. The van der Waals surface area contributed by atoms with Crippen LogP contribution in [-0.2, 0) is 18.0 Å². The van der Waals surface area contributed by atoms with Crippen LogP contribution in [0.1, 0.15) is 34.1 Å². The molecule has 0 aromatic carbocycles. The second-order valence-corrected chi connectivity index (χ2v) is 4.70. The van der Waals surface area contributed by atoms with Crippen LogP contribution in [0.3, 0.4) is 0 Å². The molecule has 0 N–H and O–H groups in total. The number of hydrogen-bond donors (Lipinski definition) is 0. The van der Waals surface area contributed by atoms with E-state index >= 15 is 0 Å². The predicted octanol–water partition coefficient (Wildman–Crippen LogP) is 2.08. The number of ether oxygens (including phenoxy) is 1. The lowest BCUT2D eigenvalue weighted by Crippen LogP contribution is -2.28. The maximum Gasteiger partial charge on any atom is 0.551 e. The Morgan fingerprint density at radius 1 is 1.13 bits per heavy atom. The summed E-state index contributed by atoms with van der Waals surface area (Å²) < 4.78 is 21.6. The fraction of sp³-hybridized carbons (Fsp3) is 0.800. The summed E-state index contributed by atoms with van der Waals surface area (Å²) in [6.45, 7) is 9.09. The third-order valence-corrected chi connectivity index (χ3v) is 3.08. The average Bonchev–Trinajstić information content (AvgIpc) is 2.21. The molecule has 0 bridgehead atoms. The fourth-order valence-corrected chi connectivity index (χ4v) is 2.36. The maximum absolute atomic E-state index is 5.56. The maximum atomic E-state index is 5.56. The van der Waals surface area contributed by atoms with Gasteiger partial charge in [-0.05, 0) is 27.2 Å². The van der Waals surface area contributed by atoms with Gasteiger partial charge in [0.05, 0.1) is 7.11 Å². The molecule has 0 aromatic heterocycles. The van der Waals surface area contributed by atoms with Crippen molar-refractivity contribution in [2.75, 3.05) is 20.3 Å². The van der Waals surface area contributed by atoms with Gasteiger partial charge in [0.2, 0.25) is 0 Å². The molecule has 0 spiro atoms. The zero-order valence-corrected chi connectivity index (χ0v) is 11.5. The summed E-state index contributed by atoms with van der Waals surface area (Å²) in [5, 5.41) is 0. The summed E-state index contributed by atoms with van der Waals surface area (Å²) in [6, 6.07) is 0. The van der Waals surface area contributed by atoms with Gasteiger partial charge in [-0.25, -0.2) is 0 Å². The molecule has 5 heteroatoms. The minimum atomic E-state index is -2.07. The van der Waals surface area contributed by atoms with Crippen LogP contribution in [0.5, 0.6) is 0 Å². The quantitative estimate of drug-likeness (QED) is 0.476. The van der Waals surface area contributed by atoms with E-state index in [-0.39, 0.29) is 0 Å². The van der Waals surface area contributed by atoms with Crippen molar-refractivity contribution < 1.29 is 18.0 Å². The third kappa shape index (κ3) is 6.54. The van der Waals surface area contributed by atoms with Crippen LogP contribution in [0.25, 0.3) is 0 Å². The highest BCUT2D eigenvalue weighted by Gasteiger charge is 2.18.